The molecule has 0 radical (unpaired) electrons. The molecule has 2 aromatic carbocycles. The Bertz CT molecular complexity index is 1440. The zero-order chi connectivity index (χ0) is 33.2. The fraction of sp³-hybridized carbons (Fsp3) is 0.529. The van der Waals surface area contributed by atoms with Crippen molar-refractivity contribution in [3.63, 3.8) is 0 Å². The van der Waals surface area contributed by atoms with E-state index in [1.807, 2.05) is 6.92 Å². The molecule has 244 valence electrons. The molecule has 0 bridgehead atoms. The Morgan fingerprint density at radius 1 is 1.11 bits per heavy atom. The number of carboxylic acids is 1. The van der Waals surface area contributed by atoms with Crippen LogP contribution in [0.2, 0.25) is 5.02 Å². The van der Waals surface area contributed by atoms with Crippen LogP contribution in [-0.4, -0.2) is 45.7 Å². The molecule has 4 rings (SSSR count). The fourth-order valence-electron chi connectivity index (χ4n) is 6.51. The molecule has 1 saturated carbocycles. The number of rotatable bonds is 10. The molecule has 1 aliphatic heterocycles. The summed E-state index contributed by atoms with van der Waals surface area (Å²) < 4.78 is 41.2. The van der Waals surface area contributed by atoms with Gasteiger partial charge in [0.15, 0.2) is 0 Å². The first-order chi connectivity index (χ1) is 21.1. The van der Waals surface area contributed by atoms with Crippen molar-refractivity contribution < 1.29 is 32.7 Å². The van der Waals surface area contributed by atoms with Gasteiger partial charge in [-0.3, -0.25) is 19.4 Å². The zero-order valence-electron chi connectivity index (χ0n) is 26.1. The van der Waals surface area contributed by atoms with Gasteiger partial charge in [-0.05, 0) is 79.3 Å². The standard InChI is InChI=1S/C34H41ClF3N3O4/c1-5-6-7-27(21-8-10-22(11-9-21)30(44)39-17-14-28(42)43)41-31(45)29(23-18-25(34(36,37)38)20-26(35)19-23)40-33(41)15-12-24(13-16-33)32(2,3)4/h8-11,18-20,24,27H,5-7,12-17H2,1-4H3,(H,39,44)(H,42,43). The van der Waals surface area contributed by atoms with E-state index >= 15 is 0 Å². The smallest absolute Gasteiger partial charge is 0.416 e. The predicted octanol–water partition coefficient (Wildman–Crippen LogP) is 8.06. The van der Waals surface area contributed by atoms with E-state index in [1.165, 1.54) is 6.07 Å². The van der Waals surface area contributed by atoms with Gasteiger partial charge in [0.1, 0.15) is 11.4 Å². The Hall–Kier alpha value is -3.40. The third-order valence-electron chi connectivity index (χ3n) is 9.02. The fourth-order valence-corrected chi connectivity index (χ4v) is 6.74. The van der Waals surface area contributed by atoms with Crippen LogP contribution in [0.5, 0.6) is 0 Å². The van der Waals surface area contributed by atoms with Crippen LogP contribution in [0, 0.1) is 11.3 Å². The number of benzene rings is 2. The summed E-state index contributed by atoms with van der Waals surface area (Å²) in [4.78, 5) is 44.6. The minimum absolute atomic E-state index is 0.00489. The number of hydrogen-bond donors (Lipinski definition) is 2. The van der Waals surface area contributed by atoms with Crippen molar-refractivity contribution in [3.05, 3.63) is 69.7 Å². The van der Waals surface area contributed by atoms with E-state index in [2.05, 4.69) is 26.1 Å². The van der Waals surface area contributed by atoms with E-state index in [1.54, 1.807) is 29.2 Å². The second kappa shape index (κ2) is 13.5. The normalized spacial score (nSPS) is 21.2. The maximum Gasteiger partial charge on any atom is 0.416 e. The molecule has 2 aromatic rings. The molecular weight excluding hydrogens is 607 g/mol. The lowest BCUT2D eigenvalue weighted by Crippen LogP contribution is -2.51. The molecule has 1 unspecified atom stereocenters. The highest BCUT2D eigenvalue weighted by molar-refractivity contribution is 6.47. The van der Waals surface area contributed by atoms with Crippen LogP contribution in [0.15, 0.2) is 47.5 Å². The van der Waals surface area contributed by atoms with Gasteiger partial charge < -0.3 is 15.3 Å². The quantitative estimate of drug-likeness (QED) is 0.273. The van der Waals surface area contributed by atoms with Crippen LogP contribution >= 0.6 is 11.6 Å². The summed E-state index contributed by atoms with van der Waals surface area (Å²) in [5.41, 5.74) is -0.657. The van der Waals surface area contributed by atoms with Crippen molar-refractivity contribution in [2.45, 2.75) is 96.9 Å². The van der Waals surface area contributed by atoms with Gasteiger partial charge in [-0.2, -0.15) is 13.2 Å². The number of unbranched alkanes of at least 4 members (excludes halogenated alkanes) is 1. The number of nitrogens with one attached hydrogen (secondary N) is 1. The monoisotopic (exact) mass is 647 g/mol. The third kappa shape index (κ3) is 7.88. The minimum atomic E-state index is -4.64. The molecule has 1 aliphatic carbocycles. The third-order valence-corrected chi connectivity index (χ3v) is 9.24. The van der Waals surface area contributed by atoms with Gasteiger partial charge in [0.2, 0.25) is 0 Å². The highest BCUT2D eigenvalue weighted by Crippen LogP contribution is 2.50. The van der Waals surface area contributed by atoms with Crippen molar-refractivity contribution in [2.24, 2.45) is 16.3 Å². The summed E-state index contributed by atoms with van der Waals surface area (Å²) in [6.45, 7) is 8.61. The number of halogens is 4. The maximum atomic E-state index is 14.4. The average Bonchev–Trinajstić information content (AvgIpc) is 3.23. The van der Waals surface area contributed by atoms with Crippen LogP contribution in [0.3, 0.4) is 0 Å². The van der Waals surface area contributed by atoms with Crippen molar-refractivity contribution >= 4 is 35.1 Å². The number of carbonyl (C=O) groups is 3. The molecule has 7 nitrogen and oxygen atoms in total. The second-order valence-corrected chi connectivity index (χ2v) is 13.6. The van der Waals surface area contributed by atoms with Gasteiger partial charge in [-0.1, -0.05) is 64.3 Å². The lowest BCUT2D eigenvalue weighted by Gasteiger charge is -2.47. The van der Waals surface area contributed by atoms with Crippen molar-refractivity contribution in [2.75, 3.05) is 6.54 Å². The highest BCUT2D eigenvalue weighted by Gasteiger charge is 2.52. The largest absolute Gasteiger partial charge is 0.481 e. The van der Waals surface area contributed by atoms with E-state index in [0.717, 1.165) is 43.4 Å². The van der Waals surface area contributed by atoms with Crippen molar-refractivity contribution in [1.29, 1.82) is 0 Å². The molecule has 1 spiro atoms. The SMILES string of the molecule is CCCCC(c1ccc(C(=O)NCCC(=O)O)cc1)N1C(=O)C(c2cc(Cl)cc(C(F)(F)F)c2)=NC12CCC(C(C)(C)C)CC2. The number of aliphatic carboxylic acids is 1. The first-order valence-electron chi connectivity index (χ1n) is 15.5. The molecular formula is C34H41ClF3N3O4. The van der Waals surface area contributed by atoms with Gasteiger partial charge in [0.05, 0.1) is 18.0 Å². The average molecular weight is 648 g/mol. The number of amides is 2. The topological polar surface area (TPSA) is 99.1 Å². The number of hydrogen-bond acceptors (Lipinski definition) is 4. The van der Waals surface area contributed by atoms with Gasteiger partial charge >= 0.3 is 12.1 Å². The van der Waals surface area contributed by atoms with E-state index in [4.69, 9.17) is 21.7 Å². The van der Waals surface area contributed by atoms with Crippen LogP contribution in [-0.2, 0) is 15.8 Å². The molecule has 0 saturated heterocycles. The van der Waals surface area contributed by atoms with Crippen LogP contribution in [0.1, 0.15) is 112 Å². The number of carboxylic acid groups (broad SMARTS) is 1. The van der Waals surface area contributed by atoms with E-state index in [9.17, 15) is 27.6 Å². The number of nitrogens with zero attached hydrogens (tertiary/aromatic N) is 2. The molecule has 45 heavy (non-hydrogen) atoms. The summed E-state index contributed by atoms with van der Waals surface area (Å²) in [5, 5.41) is 11.3. The highest BCUT2D eigenvalue weighted by atomic mass is 35.5. The summed E-state index contributed by atoms with van der Waals surface area (Å²) in [6, 6.07) is 9.57. The number of carbonyl (C=O) groups excluding carboxylic acids is 2. The molecule has 1 fully saturated rings. The van der Waals surface area contributed by atoms with Crippen LogP contribution in [0.4, 0.5) is 13.2 Å². The van der Waals surface area contributed by atoms with Gasteiger partial charge in [0.25, 0.3) is 11.8 Å². The Kier molecular flexibility index (Phi) is 10.4. The molecule has 0 aromatic heterocycles. The second-order valence-electron chi connectivity index (χ2n) is 13.2. The minimum Gasteiger partial charge on any atom is -0.481 e. The Morgan fingerprint density at radius 3 is 2.31 bits per heavy atom. The molecule has 2 aliphatic rings. The van der Waals surface area contributed by atoms with E-state index in [0.29, 0.717) is 30.7 Å². The van der Waals surface area contributed by atoms with Gasteiger partial charge in [-0.15, -0.1) is 0 Å². The van der Waals surface area contributed by atoms with Crippen LogP contribution in [0.25, 0.3) is 0 Å². The Balaban J connectivity index is 1.75. The van der Waals surface area contributed by atoms with Crippen molar-refractivity contribution in [1.82, 2.24) is 10.2 Å². The first kappa shape index (κ1) is 34.5. The summed E-state index contributed by atoms with van der Waals surface area (Å²) in [5.74, 6) is -1.46. The number of aliphatic imine (C=N–C) groups is 1. The molecule has 1 heterocycles. The maximum absolute atomic E-state index is 14.4. The lowest BCUT2D eigenvalue weighted by molar-refractivity contribution is -0.138. The van der Waals surface area contributed by atoms with Gasteiger partial charge in [-0.25, -0.2) is 0 Å². The summed E-state index contributed by atoms with van der Waals surface area (Å²) >= 11 is 6.14. The Labute approximate surface area is 267 Å². The zero-order valence-corrected chi connectivity index (χ0v) is 26.9. The Morgan fingerprint density at radius 2 is 1.76 bits per heavy atom. The van der Waals surface area contributed by atoms with Crippen molar-refractivity contribution in [3.8, 4) is 0 Å². The van der Waals surface area contributed by atoms with Crippen LogP contribution < -0.4 is 5.32 Å². The molecule has 2 N–H and O–H groups in total. The molecule has 1 atom stereocenters. The van der Waals surface area contributed by atoms with E-state index in [-0.39, 0.29) is 34.7 Å². The van der Waals surface area contributed by atoms with E-state index < -0.39 is 41.2 Å². The summed E-state index contributed by atoms with van der Waals surface area (Å²) in [6.07, 6.45) is 0.172. The lowest BCUT2D eigenvalue weighted by atomic mass is 9.69. The van der Waals surface area contributed by atoms with Gasteiger partial charge in [0, 0.05) is 22.7 Å². The molecule has 11 heteroatoms. The summed E-state index contributed by atoms with van der Waals surface area (Å²) in [7, 11) is 0. The molecule has 2 amide bonds. The predicted molar refractivity (Wildman–Crippen MR) is 167 cm³/mol. The number of alkyl halides is 3. The first-order valence-corrected chi connectivity index (χ1v) is 15.8.